The first kappa shape index (κ1) is 36.5. The average Bonchev–Trinajstić information content (AvgIpc) is 3.16. The number of rotatable bonds is 9. The zero-order valence-corrected chi connectivity index (χ0v) is 29.1. The fourth-order valence-electron chi connectivity index (χ4n) is 5.34. The molecule has 0 radical (unpaired) electrons. The molecule has 0 bridgehead atoms. The van der Waals surface area contributed by atoms with Crippen molar-refractivity contribution < 1.29 is 38.7 Å². The quantitative estimate of drug-likeness (QED) is 0.0839. The van der Waals surface area contributed by atoms with Crippen LogP contribution in [0.5, 0.6) is 11.5 Å². The molecule has 0 heterocycles. The molecule has 8 heteroatoms. The first-order valence-electron chi connectivity index (χ1n) is 16.4. The molecule has 0 aliphatic carbocycles. The van der Waals surface area contributed by atoms with Gasteiger partial charge in [0.05, 0.1) is 11.1 Å². The maximum atomic E-state index is 13.1. The molecule has 0 N–H and O–H groups in total. The second-order valence-corrected chi connectivity index (χ2v) is 11.9. The Labute approximate surface area is 302 Å². The second kappa shape index (κ2) is 17.2. The van der Waals surface area contributed by atoms with Gasteiger partial charge >= 0.3 is 11.9 Å². The summed E-state index contributed by atoms with van der Waals surface area (Å²) in [7, 11) is 0. The number of hydrogen-bond donors (Lipinski definition) is 0. The summed E-state index contributed by atoms with van der Waals surface area (Å²) in [5, 5.41) is 0. The van der Waals surface area contributed by atoms with Gasteiger partial charge in [0.2, 0.25) is 0 Å². The van der Waals surface area contributed by atoms with E-state index in [9.17, 15) is 19.2 Å². The van der Waals surface area contributed by atoms with Gasteiger partial charge in [-0.1, -0.05) is 109 Å². The van der Waals surface area contributed by atoms with Crippen molar-refractivity contribution in [1.29, 1.82) is 0 Å². The van der Waals surface area contributed by atoms with Crippen molar-refractivity contribution in [1.82, 2.24) is 0 Å². The van der Waals surface area contributed by atoms with Crippen LogP contribution >= 0.6 is 0 Å². The minimum Gasteiger partial charge on any atom is -0.290 e. The van der Waals surface area contributed by atoms with E-state index in [1.165, 1.54) is 12.1 Å². The molecule has 0 unspecified atom stereocenters. The second-order valence-electron chi connectivity index (χ2n) is 11.9. The van der Waals surface area contributed by atoms with Gasteiger partial charge in [-0.15, -0.1) is 0 Å². The van der Waals surface area contributed by atoms with Crippen LogP contribution in [-0.2, 0) is 9.78 Å². The van der Waals surface area contributed by atoms with Crippen molar-refractivity contribution in [3.05, 3.63) is 201 Å². The highest BCUT2D eigenvalue weighted by atomic mass is 17.2. The van der Waals surface area contributed by atoms with Gasteiger partial charge in [-0.05, 0) is 86.3 Å². The van der Waals surface area contributed by atoms with Gasteiger partial charge in [0.15, 0.2) is 23.1 Å². The molecule has 0 aliphatic rings. The monoisotopic (exact) mass is 692 g/mol. The number of ketones is 2. The van der Waals surface area contributed by atoms with Crippen molar-refractivity contribution >= 4 is 23.5 Å². The molecular weight excluding hydrogens is 656 g/mol. The van der Waals surface area contributed by atoms with Crippen LogP contribution in [0, 0.1) is 27.7 Å². The third kappa shape index (κ3) is 9.25. The zero-order valence-electron chi connectivity index (χ0n) is 29.1. The summed E-state index contributed by atoms with van der Waals surface area (Å²) in [6.07, 6.45) is 0. The Hall–Kier alpha value is -6.80. The Balaban J connectivity index is 0.000000272. The van der Waals surface area contributed by atoms with Crippen LogP contribution in [-0.4, -0.2) is 23.5 Å². The van der Waals surface area contributed by atoms with Gasteiger partial charge in [0.1, 0.15) is 0 Å². The summed E-state index contributed by atoms with van der Waals surface area (Å²) < 4.78 is 0. The van der Waals surface area contributed by atoms with E-state index in [0.29, 0.717) is 33.8 Å². The predicted octanol–water partition coefficient (Wildman–Crippen LogP) is 9.37. The summed E-state index contributed by atoms with van der Waals surface area (Å²) >= 11 is 0. The van der Waals surface area contributed by atoms with Gasteiger partial charge < -0.3 is 0 Å². The third-order valence-electron chi connectivity index (χ3n) is 7.92. The van der Waals surface area contributed by atoms with Gasteiger partial charge in [-0.3, -0.25) is 19.4 Å². The summed E-state index contributed by atoms with van der Waals surface area (Å²) in [4.78, 5) is 72.1. The Morgan fingerprint density at radius 1 is 0.404 bits per heavy atom. The number of aryl methyl sites for hydroxylation is 4. The van der Waals surface area contributed by atoms with Gasteiger partial charge in [-0.2, -0.15) is 0 Å². The number of carbonyl (C=O) groups excluding carboxylic acids is 4. The van der Waals surface area contributed by atoms with E-state index in [-0.39, 0.29) is 33.8 Å². The minimum absolute atomic E-state index is 0.0403. The molecule has 8 nitrogen and oxygen atoms in total. The van der Waals surface area contributed by atoms with Crippen LogP contribution < -0.4 is 9.78 Å². The highest BCUT2D eigenvalue weighted by Crippen LogP contribution is 2.23. The molecule has 6 aromatic carbocycles. The van der Waals surface area contributed by atoms with E-state index in [2.05, 4.69) is 0 Å². The van der Waals surface area contributed by atoms with E-state index in [4.69, 9.17) is 19.6 Å². The maximum Gasteiger partial charge on any atom is 0.387 e. The molecular formula is C44H36O8. The van der Waals surface area contributed by atoms with E-state index < -0.39 is 11.9 Å². The lowest BCUT2D eigenvalue weighted by Gasteiger charge is -2.12. The van der Waals surface area contributed by atoms with Crippen LogP contribution in [0.25, 0.3) is 0 Å². The smallest absolute Gasteiger partial charge is 0.290 e. The molecule has 6 aromatic rings. The van der Waals surface area contributed by atoms with Crippen molar-refractivity contribution in [2.75, 3.05) is 0 Å². The van der Waals surface area contributed by atoms with Gasteiger partial charge in [0, 0.05) is 22.3 Å². The highest BCUT2D eigenvalue weighted by Gasteiger charge is 2.26. The fraction of sp³-hybridized carbons (Fsp3) is 0.0909. The fourth-order valence-corrected chi connectivity index (χ4v) is 5.34. The summed E-state index contributed by atoms with van der Waals surface area (Å²) in [6.45, 7) is 7.43. The van der Waals surface area contributed by atoms with Gasteiger partial charge in [-0.25, -0.2) is 19.4 Å². The van der Waals surface area contributed by atoms with Crippen molar-refractivity contribution in [3.63, 3.8) is 0 Å². The van der Waals surface area contributed by atoms with Crippen LogP contribution in [0.15, 0.2) is 146 Å². The molecule has 52 heavy (non-hydrogen) atoms. The minimum atomic E-state index is -1.00. The average molecular weight is 693 g/mol. The van der Waals surface area contributed by atoms with E-state index in [1.807, 2.05) is 62.4 Å². The van der Waals surface area contributed by atoms with Crippen LogP contribution in [0.4, 0.5) is 0 Å². The summed E-state index contributed by atoms with van der Waals surface area (Å²) in [5.41, 5.74) is 4.46. The molecule has 0 saturated carbocycles. The molecule has 6 rings (SSSR count). The van der Waals surface area contributed by atoms with Gasteiger partial charge in [0.25, 0.3) is 0 Å². The standard InChI is InChI=1S/C30H22O6.C14H14O2/c1-19-11-9-17-23(25(19)27(31)21-13-5-3-6-14-21)29(33)35-36-30(34)24-18-10-12-20(2)26(24)28(32)22-15-7-4-8-16-22;1-11-5-3-7-13(9-11)15-16-14-8-4-6-12(2)10-14/h3-18H,1-2H3;3-10H,1-2H3. The van der Waals surface area contributed by atoms with Crippen molar-refractivity contribution in [2.24, 2.45) is 0 Å². The lowest BCUT2D eigenvalue weighted by atomic mass is 9.94. The van der Waals surface area contributed by atoms with Crippen LogP contribution in [0.2, 0.25) is 0 Å². The topological polar surface area (TPSA) is 105 Å². The first-order chi connectivity index (χ1) is 25.1. The van der Waals surface area contributed by atoms with E-state index in [1.54, 1.807) is 98.8 Å². The Bertz CT molecular complexity index is 2050. The lowest BCUT2D eigenvalue weighted by molar-refractivity contribution is -0.187. The summed E-state index contributed by atoms with van der Waals surface area (Å²) in [5.74, 6) is -1.31. The van der Waals surface area contributed by atoms with E-state index in [0.717, 1.165) is 11.1 Å². The molecule has 260 valence electrons. The Kier molecular flexibility index (Phi) is 12.1. The maximum absolute atomic E-state index is 13.1. The predicted molar refractivity (Wildman–Crippen MR) is 197 cm³/mol. The molecule has 0 aliphatic heterocycles. The molecule has 0 amide bonds. The lowest BCUT2D eigenvalue weighted by Crippen LogP contribution is -2.18. The SMILES string of the molecule is Cc1cccc(C(=O)OOC(=O)c2cccc(C)c2C(=O)c2ccccc2)c1C(=O)c1ccccc1.Cc1cccc(OOc2cccc(C)c2)c1. The molecule has 0 spiro atoms. The van der Waals surface area contributed by atoms with Crippen molar-refractivity contribution in [3.8, 4) is 11.5 Å². The zero-order chi connectivity index (χ0) is 37.0. The van der Waals surface area contributed by atoms with Crippen molar-refractivity contribution in [2.45, 2.75) is 27.7 Å². The highest BCUT2D eigenvalue weighted by molar-refractivity contribution is 6.16. The molecule has 0 aromatic heterocycles. The molecule has 0 fully saturated rings. The van der Waals surface area contributed by atoms with E-state index >= 15 is 0 Å². The Morgan fingerprint density at radius 3 is 1.13 bits per heavy atom. The van der Waals surface area contributed by atoms with Crippen LogP contribution in [0.3, 0.4) is 0 Å². The summed E-state index contributed by atoms with van der Waals surface area (Å²) in [6, 6.07) is 42.0. The molecule has 0 atom stereocenters. The van der Waals surface area contributed by atoms with Crippen LogP contribution in [0.1, 0.15) is 74.8 Å². The number of hydrogen-bond acceptors (Lipinski definition) is 8. The Morgan fingerprint density at radius 2 is 0.769 bits per heavy atom. The number of benzene rings is 6. The third-order valence-corrected chi connectivity index (χ3v) is 7.92. The normalized spacial score (nSPS) is 10.2. The number of carbonyl (C=O) groups is 4. The molecule has 0 saturated heterocycles. The largest absolute Gasteiger partial charge is 0.387 e. The first-order valence-corrected chi connectivity index (χ1v) is 16.4.